The summed E-state index contributed by atoms with van der Waals surface area (Å²) in [5, 5.41) is 12.9. The lowest BCUT2D eigenvalue weighted by atomic mass is 9.96. The van der Waals surface area contributed by atoms with Gasteiger partial charge in [0.05, 0.1) is 33.1 Å². The number of anilines is 2. The molecule has 55 heavy (non-hydrogen) atoms. The van der Waals surface area contributed by atoms with Crippen LogP contribution < -0.4 is 20.5 Å². The Labute approximate surface area is 314 Å². The average molecular weight is 760 g/mol. The van der Waals surface area contributed by atoms with Crippen LogP contribution in [-0.2, 0) is 16.5 Å². The minimum atomic E-state index is -1.39. The van der Waals surface area contributed by atoms with Crippen molar-refractivity contribution in [1.29, 1.82) is 0 Å². The fraction of sp³-hybridized carbons (Fsp3) is 0.436. The van der Waals surface area contributed by atoms with Crippen LogP contribution in [0.4, 0.5) is 29.7 Å². The van der Waals surface area contributed by atoms with Crippen molar-refractivity contribution in [1.82, 2.24) is 24.8 Å². The molecule has 5 aromatic rings. The fourth-order valence-corrected chi connectivity index (χ4v) is 7.51. The quantitative estimate of drug-likeness (QED) is 0.166. The second-order valence-corrected chi connectivity index (χ2v) is 16.4. The first kappa shape index (κ1) is 37.5. The minimum absolute atomic E-state index is 0.0171. The van der Waals surface area contributed by atoms with Crippen LogP contribution in [0.25, 0.3) is 44.1 Å². The number of hydrogen-bond acceptors (Lipinski definition) is 9. The van der Waals surface area contributed by atoms with Gasteiger partial charge in [0.2, 0.25) is 5.43 Å². The van der Waals surface area contributed by atoms with E-state index >= 15 is 8.78 Å². The number of aromatic amines is 1. The van der Waals surface area contributed by atoms with Crippen molar-refractivity contribution in [2.24, 2.45) is 13.0 Å². The monoisotopic (exact) mass is 759 g/mol. The number of fused-ring (bicyclic) bond motifs is 4. The number of amides is 2. The molecule has 1 aliphatic heterocycles. The van der Waals surface area contributed by atoms with Gasteiger partial charge in [-0.3, -0.25) is 9.69 Å². The largest absolute Gasteiger partial charge is 0.477 e. The molecular formula is C39H43F2N7O7. The molecule has 3 N–H and O–H groups in total. The number of nitrogens with zero attached hydrogens (tertiary/aromatic N) is 5. The summed E-state index contributed by atoms with van der Waals surface area (Å²) >= 11 is 0. The fourth-order valence-electron chi connectivity index (χ4n) is 7.51. The molecule has 14 nitrogen and oxygen atoms in total. The predicted octanol–water partition coefficient (Wildman–Crippen LogP) is 6.86. The zero-order valence-corrected chi connectivity index (χ0v) is 31.9. The van der Waals surface area contributed by atoms with E-state index in [1.807, 2.05) is 4.90 Å². The Bertz CT molecular complexity index is 2500. The van der Waals surface area contributed by atoms with E-state index in [4.69, 9.17) is 9.47 Å². The SMILES string of the molecule is CN(C(=O)OC(C)(C)C)c1cc(F)c(F)c2c1[nH]c1ncc(-c3cnc4c(c3)c(=O)c(C(=O)O)cn4C)c(N3CCC(C4(NC(=O)OC(C)(C)C)CC4)C3)c12. The lowest BCUT2D eigenvalue weighted by Gasteiger charge is -2.28. The Morgan fingerprint density at radius 1 is 1.04 bits per heavy atom. The van der Waals surface area contributed by atoms with Crippen molar-refractivity contribution >= 4 is 62.5 Å². The number of alkyl carbamates (subject to hydrolysis) is 1. The number of nitrogens with one attached hydrogen (secondary N) is 2. The summed E-state index contributed by atoms with van der Waals surface area (Å²) in [7, 11) is 2.98. The third kappa shape index (κ3) is 6.78. The molecule has 1 aliphatic carbocycles. The molecule has 2 fully saturated rings. The van der Waals surface area contributed by atoms with Gasteiger partial charge in [0.15, 0.2) is 11.6 Å². The maximum atomic E-state index is 16.3. The maximum absolute atomic E-state index is 16.3. The van der Waals surface area contributed by atoms with E-state index in [0.29, 0.717) is 36.3 Å². The number of carbonyl (C=O) groups is 3. The number of benzene rings is 1. The van der Waals surface area contributed by atoms with Crippen molar-refractivity contribution in [3.63, 3.8) is 0 Å². The Hall–Kier alpha value is -5.80. The number of pyridine rings is 3. The Morgan fingerprint density at radius 3 is 2.36 bits per heavy atom. The van der Waals surface area contributed by atoms with Gasteiger partial charge < -0.3 is 34.3 Å². The number of aromatic nitrogens is 4. The molecule has 290 valence electrons. The van der Waals surface area contributed by atoms with E-state index in [1.165, 1.54) is 36.3 Å². The smallest absolute Gasteiger partial charge is 0.414 e. The summed E-state index contributed by atoms with van der Waals surface area (Å²) in [6.45, 7) is 11.3. The van der Waals surface area contributed by atoms with Gasteiger partial charge in [0.25, 0.3) is 0 Å². The number of aryl methyl sites for hydroxylation is 1. The summed E-state index contributed by atoms with van der Waals surface area (Å²) in [4.78, 5) is 66.9. The van der Waals surface area contributed by atoms with Crippen LogP contribution in [0.2, 0.25) is 0 Å². The lowest BCUT2D eigenvalue weighted by molar-refractivity contribution is 0.0476. The van der Waals surface area contributed by atoms with Gasteiger partial charge in [-0.05, 0) is 66.9 Å². The number of hydrogen-bond donors (Lipinski definition) is 3. The second-order valence-electron chi connectivity index (χ2n) is 16.4. The Kier molecular flexibility index (Phi) is 8.81. The standard InChI is InChI=1S/C39H43F2N7O7/c1-37(2,3)54-35(52)45-39(10-11-39)20-9-12-48(17-20)30-22(19-13-21-31(49)23(34(50)51)18-46(7)33(21)43-15-19)16-42-32-27(30)26-28(41)24(40)14-25(29(26)44-32)47(8)36(53)55-38(4,5)6/h13-16,18,20H,9-12,17H2,1-8H3,(H,42,44)(H,45,52)(H,50,51). The van der Waals surface area contributed by atoms with Crippen LogP contribution >= 0.6 is 0 Å². The van der Waals surface area contributed by atoms with Gasteiger partial charge in [0.1, 0.15) is 28.1 Å². The molecule has 1 unspecified atom stereocenters. The highest BCUT2D eigenvalue weighted by molar-refractivity contribution is 6.19. The highest BCUT2D eigenvalue weighted by atomic mass is 19.2. The molecule has 1 aromatic carbocycles. The van der Waals surface area contributed by atoms with E-state index < -0.39 is 57.5 Å². The van der Waals surface area contributed by atoms with Gasteiger partial charge in [-0.15, -0.1) is 0 Å². The van der Waals surface area contributed by atoms with Crippen LogP contribution in [0.1, 0.15) is 71.2 Å². The lowest BCUT2D eigenvalue weighted by Crippen LogP contribution is -2.45. The normalized spacial score (nSPS) is 16.8. The molecule has 1 saturated heterocycles. The van der Waals surface area contributed by atoms with Crippen LogP contribution in [0.5, 0.6) is 0 Å². The molecule has 0 spiro atoms. The molecule has 0 radical (unpaired) electrons. The molecule has 2 amide bonds. The molecular weight excluding hydrogens is 716 g/mol. The number of carboxylic acid groups (broad SMARTS) is 1. The summed E-state index contributed by atoms with van der Waals surface area (Å²) < 4.78 is 44.5. The zero-order valence-electron chi connectivity index (χ0n) is 31.9. The van der Waals surface area contributed by atoms with Crippen LogP contribution in [-0.4, -0.2) is 79.7 Å². The summed E-state index contributed by atoms with van der Waals surface area (Å²) in [6, 6.07) is 2.45. The Morgan fingerprint density at radius 2 is 1.73 bits per heavy atom. The van der Waals surface area contributed by atoms with E-state index in [9.17, 15) is 24.3 Å². The number of rotatable bonds is 6. The van der Waals surface area contributed by atoms with Gasteiger partial charge in [-0.2, -0.15) is 0 Å². The van der Waals surface area contributed by atoms with Crippen molar-refractivity contribution in [2.75, 3.05) is 29.9 Å². The highest BCUT2D eigenvalue weighted by Crippen LogP contribution is 2.50. The first-order chi connectivity index (χ1) is 25.7. The minimum Gasteiger partial charge on any atom is -0.477 e. The third-order valence-corrected chi connectivity index (χ3v) is 10.2. The van der Waals surface area contributed by atoms with Crippen molar-refractivity contribution in [3.05, 3.63) is 58.1 Å². The molecule has 1 atom stereocenters. The molecule has 16 heteroatoms. The number of ether oxygens (including phenoxy) is 2. The molecule has 5 heterocycles. The molecule has 2 aliphatic rings. The number of carbonyl (C=O) groups excluding carboxylic acids is 2. The van der Waals surface area contributed by atoms with E-state index in [1.54, 1.807) is 48.6 Å². The summed E-state index contributed by atoms with van der Waals surface area (Å²) in [5.41, 5.74) is -1.42. The van der Waals surface area contributed by atoms with Crippen LogP contribution in [0, 0.1) is 17.6 Å². The number of aromatic carboxylic acids is 1. The molecule has 7 rings (SSSR count). The van der Waals surface area contributed by atoms with E-state index in [-0.39, 0.29) is 44.6 Å². The van der Waals surface area contributed by atoms with Crippen LogP contribution in [0.15, 0.2) is 35.5 Å². The van der Waals surface area contributed by atoms with E-state index in [0.717, 1.165) is 23.8 Å². The summed E-state index contributed by atoms with van der Waals surface area (Å²) in [5.74, 6) is -3.81. The van der Waals surface area contributed by atoms with Gasteiger partial charge >= 0.3 is 18.2 Å². The van der Waals surface area contributed by atoms with Gasteiger partial charge in [-0.25, -0.2) is 33.1 Å². The van der Waals surface area contributed by atoms with Crippen molar-refractivity contribution in [3.8, 4) is 11.1 Å². The van der Waals surface area contributed by atoms with Gasteiger partial charge in [-0.1, -0.05) is 0 Å². The topological polar surface area (TPSA) is 172 Å². The van der Waals surface area contributed by atoms with Crippen molar-refractivity contribution in [2.45, 2.75) is 77.5 Å². The third-order valence-electron chi connectivity index (χ3n) is 10.2. The summed E-state index contributed by atoms with van der Waals surface area (Å²) in [6.07, 6.45) is 5.07. The first-order valence-electron chi connectivity index (χ1n) is 18.0. The van der Waals surface area contributed by atoms with E-state index in [2.05, 4.69) is 20.3 Å². The molecule has 1 saturated carbocycles. The van der Waals surface area contributed by atoms with Gasteiger partial charge in [0, 0.05) is 74.4 Å². The number of H-pyrrole nitrogens is 1. The zero-order chi connectivity index (χ0) is 39.9. The Balaban J connectivity index is 1.43. The molecule has 0 bridgehead atoms. The average Bonchev–Trinajstić information content (AvgIpc) is 3.49. The number of halogens is 2. The second kappa shape index (κ2) is 12.9. The van der Waals surface area contributed by atoms with Crippen molar-refractivity contribution < 1.29 is 37.7 Å². The molecule has 4 aromatic heterocycles. The van der Waals surface area contributed by atoms with Crippen LogP contribution in [0.3, 0.4) is 0 Å². The first-order valence-corrected chi connectivity index (χ1v) is 18.0. The number of carboxylic acids is 1. The maximum Gasteiger partial charge on any atom is 0.414 e. The highest BCUT2D eigenvalue weighted by Gasteiger charge is 2.53. The predicted molar refractivity (Wildman–Crippen MR) is 203 cm³/mol.